The van der Waals surface area contributed by atoms with E-state index in [-0.39, 0.29) is 12.0 Å². The molecule has 0 heterocycles. The summed E-state index contributed by atoms with van der Waals surface area (Å²) in [6, 6.07) is 0. The molecular formula is C10H10F2O5S2. The molecule has 0 radical (unpaired) electrons. The third-order valence-electron chi connectivity index (χ3n) is 1.67. The van der Waals surface area contributed by atoms with E-state index in [0.29, 0.717) is 6.42 Å². The van der Waals surface area contributed by atoms with Crippen LogP contribution in [0.15, 0.2) is 48.5 Å². The molecule has 0 saturated carbocycles. The molecule has 5 nitrogen and oxygen atoms in total. The Bertz CT molecular complexity index is 556. The summed E-state index contributed by atoms with van der Waals surface area (Å²) in [6.07, 6.45) is 6.14. The van der Waals surface area contributed by atoms with Crippen molar-refractivity contribution in [1.29, 1.82) is 0 Å². The average molecular weight is 312 g/mol. The minimum Gasteiger partial charge on any atom is -0.402 e. The maximum absolute atomic E-state index is 11.6. The van der Waals surface area contributed by atoms with E-state index >= 15 is 0 Å². The van der Waals surface area contributed by atoms with Crippen molar-refractivity contribution < 1.29 is 29.8 Å². The molecule has 0 amide bonds. The smallest absolute Gasteiger partial charge is 0.324 e. The van der Waals surface area contributed by atoms with Gasteiger partial charge in [0.2, 0.25) is 11.1 Å². The monoisotopic (exact) mass is 312 g/mol. The topological polar surface area (TPSA) is 69.7 Å². The minimum absolute atomic E-state index is 0.0641. The van der Waals surface area contributed by atoms with Crippen molar-refractivity contribution in [3.05, 3.63) is 48.5 Å². The summed E-state index contributed by atoms with van der Waals surface area (Å²) >= 11 is -2.45. The minimum atomic E-state index is -4.19. The van der Waals surface area contributed by atoms with Crippen molar-refractivity contribution in [2.24, 2.45) is 0 Å². The fourth-order valence-corrected chi connectivity index (χ4v) is 2.98. The first kappa shape index (κ1) is 15.6. The lowest BCUT2D eigenvalue weighted by Gasteiger charge is -2.06. The van der Waals surface area contributed by atoms with Crippen LogP contribution in [0.4, 0.5) is 8.78 Å². The normalized spacial score (nSPS) is 16.2. The van der Waals surface area contributed by atoms with Crippen LogP contribution in [0.3, 0.4) is 0 Å². The van der Waals surface area contributed by atoms with Crippen LogP contribution >= 0.6 is 0 Å². The number of hydrogen-bond donors (Lipinski definition) is 0. The van der Waals surface area contributed by atoms with Gasteiger partial charge in [-0.3, -0.25) is 0 Å². The van der Waals surface area contributed by atoms with E-state index in [1.165, 1.54) is 12.2 Å². The first-order valence-corrected chi connectivity index (χ1v) is 7.73. The summed E-state index contributed by atoms with van der Waals surface area (Å²) in [5.41, 5.74) is 0. The van der Waals surface area contributed by atoms with Crippen molar-refractivity contribution in [3.63, 3.8) is 0 Å². The van der Waals surface area contributed by atoms with E-state index < -0.39 is 32.4 Å². The molecule has 1 rings (SSSR count). The van der Waals surface area contributed by atoms with Gasteiger partial charge < -0.3 is 8.37 Å². The first-order chi connectivity index (χ1) is 8.89. The molecule has 1 atom stereocenters. The number of rotatable bonds is 6. The lowest BCUT2D eigenvalue weighted by atomic mass is 10.4. The van der Waals surface area contributed by atoms with Crippen LogP contribution < -0.4 is 0 Å². The van der Waals surface area contributed by atoms with E-state index in [4.69, 9.17) is 0 Å². The highest BCUT2D eigenvalue weighted by atomic mass is 32.3. The highest BCUT2D eigenvalue weighted by Gasteiger charge is 2.19. The summed E-state index contributed by atoms with van der Waals surface area (Å²) < 4.78 is 66.0. The van der Waals surface area contributed by atoms with Gasteiger partial charge in [0.15, 0.2) is 11.3 Å². The maximum Gasteiger partial charge on any atom is 0.324 e. The molecule has 19 heavy (non-hydrogen) atoms. The van der Waals surface area contributed by atoms with Crippen LogP contribution in [0.2, 0.25) is 0 Å². The van der Waals surface area contributed by atoms with Gasteiger partial charge >= 0.3 is 16.2 Å². The van der Waals surface area contributed by atoms with Gasteiger partial charge in [-0.1, -0.05) is 18.2 Å². The molecule has 106 valence electrons. The van der Waals surface area contributed by atoms with Gasteiger partial charge in [0.25, 0.3) is 0 Å². The van der Waals surface area contributed by atoms with Gasteiger partial charge in [0.1, 0.15) is 5.76 Å². The zero-order valence-electron chi connectivity index (χ0n) is 9.49. The SMILES string of the molecule is O=S(CS(=O)(=O)OC1=CCC=CC=C1)OC=C(F)F. The Balaban J connectivity index is 2.59. The summed E-state index contributed by atoms with van der Waals surface area (Å²) in [7, 11) is -4.19. The molecule has 0 N–H and O–H groups in total. The Morgan fingerprint density at radius 1 is 1.42 bits per heavy atom. The quantitative estimate of drug-likeness (QED) is 0.555. The first-order valence-electron chi connectivity index (χ1n) is 4.91. The zero-order valence-corrected chi connectivity index (χ0v) is 11.1. The lowest BCUT2D eigenvalue weighted by molar-refractivity contribution is 0.374. The molecule has 1 aliphatic rings. The average Bonchev–Trinajstić information content (AvgIpc) is 2.53. The molecular weight excluding hydrogens is 302 g/mol. The third kappa shape index (κ3) is 6.87. The van der Waals surface area contributed by atoms with Crippen molar-refractivity contribution in [3.8, 4) is 0 Å². The van der Waals surface area contributed by atoms with Gasteiger partial charge in [-0.2, -0.15) is 17.2 Å². The Morgan fingerprint density at radius 2 is 2.16 bits per heavy atom. The van der Waals surface area contributed by atoms with E-state index in [9.17, 15) is 21.4 Å². The Kier molecular flexibility index (Phi) is 5.90. The van der Waals surface area contributed by atoms with Gasteiger partial charge in [-0.05, 0) is 18.6 Å². The number of hydrogen-bond acceptors (Lipinski definition) is 5. The Hall–Kier alpha value is -1.48. The molecule has 1 unspecified atom stereocenters. The summed E-state index contributed by atoms with van der Waals surface area (Å²) in [5, 5.41) is -1.05. The van der Waals surface area contributed by atoms with Crippen LogP contribution in [0.25, 0.3) is 0 Å². The van der Waals surface area contributed by atoms with E-state index in [2.05, 4.69) is 8.37 Å². The van der Waals surface area contributed by atoms with Crippen LogP contribution in [-0.4, -0.2) is 17.7 Å². The fraction of sp³-hybridized carbons (Fsp3) is 0.200. The van der Waals surface area contributed by atoms with Crippen molar-refractivity contribution in [1.82, 2.24) is 0 Å². The Morgan fingerprint density at radius 3 is 2.84 bits per heavy atom. The van der Waals surface area contributed by atoms with Crippen LogP contribution in [0.5, 0.6) is 0 Å². The van der Waals surface area contributed by atoms with Gasteiger partial charge in [-0.25, -0.2) is 4.21 Å². The van der Waals surface area contributed by atoms with Gasteiger partial charge in [0.05, 0.1) is 0 Å². The number of allylic oxidation sites excluding steroid dienone is 5. The largest absolute Gasteiger partial charge is 0.402 e. The fourth-order valence-electron chi connectivity index (χ4n) is 1.03. The highest BCUT2D eigenvalue weighted by Crippen LogP contribution is 2.12. The molecule has 0 aliphatic heterocycles. The molecule has 0 fully saturated rings. The van der Waals surface area contributed by atoms with Crippen LogP contribution in [0, 0.1) is 0 Å². The second kappa shape index (κ2) is 7.19. The molecule has 0 aromatic carbocycles. The lowest BCUT2D eigenvalue weighted by Crippen LogP contribution is -2.14. The van der Waals surface area contributed by atoms with E-state index in [1.807, 2.05) is 0 Å². The third-order valence-corrected chi connectivity index (χ3v) is 4.35. The molecule has 0 aromatic heterocycles. The second-order valence-electron chi connectivity index (χ2n) is 3.20. The number of halogens is 2. The summed E-state index contributed by atoms with van der Waals surface area (Å²) in [5.74, 6) is 0.0641. The van der Waals surface area contributed by atoms with E-state index in [1.54, 1.807) is 18.2 Å². The predicted octanol–water partition coefficient (Wildman–Crippen LogP) is 2.11. The maximum atomic E-state index is 11.6. The summed E-state index contributed by atoms with van der Waals surface area (Å²) in [4.78, 5) is 0. The highest BCUT2D eigenvalue weighted by molar-refractivity contribution is 8.00. The molecule has 0 aromatic rings. The van der Waals surface area contributed by atoms with Crippen molar-refractivity contribution in [2.75, 3.05) is 5.08 Å². The van der Waals surface area contributed by atoms with E-state index in [0.717, 1.165) is 0 Å². The van der Waals surface area contributed by atoms with Crippen LogP contribution in [0.1, 0.15) is 6.42 Å². The van der Waals surface area contributed by atoms with Gasteiger partial charge in [0, 0.05) is 0 Å². The van der Waals surface area contributed by atoms with Crippen molar-refractivity contribution in [2.45, 2.75) is 6.42 Å². The molecule has 0 saturated heterocycles. The van der Waals surface area contributed by atoms with Crippen LogP contribution in [-0.2, 0) is 29.6 Å². The predicted molar refractivity (Wildman–Crippen MR) is 65.4 cm³/mol. The molecule has 0 bridgehead atoms. The molecule has 9 heteroatoms. The van der Waals surface area contributed by atoms with Crippen molar-refractivity contribution >= 4 is 21.2 Å². The molecule has 0 spiro atoms. The van der Waals surface area contributed by atoms with Gasteiger partial charge in [-0.15, -0.1) is 0 Å². The second-order valence-corrected chi connectivity index (χ2v) is 6.22. The standard InChI is InChI=1S/C10H10F2O5S2/c11-10(12)7-16-18(13)8-19(14,15)17-9-5-3-1-2-4-6-9/h1-3,5-7H,4,8H2. The molecule has 1 aliphatic carbocycles. The summed E-state index contributed by atoms with van der Waals surface area (Å²) in [6.45, 7) is 0. The zero-order chi connectivity index (χ0) is 14.3. The Labute approximate surface area is 111 Å².